The van der Waals surface area contributed by atoms with E-state index in [0.29, 0.717) is 36.9 Å². The molecule has 170 valence electrons. The highest BCUT2D eigenvalue weighted by Gasteiger charge is 2.53. The molecule has 2 aliphatic heterocycles. The zero-order valence-corrected chi connectivity index (χ0v) is 17.9. The van der Waals surface area contributed by atoms with Gasteiger partial charge in [-0.25, -0.2) is 4.98 Å². The van der Waals surface area contributed by atoms with Gasteiger partial charge in [0, 0.05) is 12.6 Å². The Labute approximate surface area is 184 Å². The van der Waals surface area contributed by atoms with E-state index in [-0.39, 0.29) is 17.6 Å². The number of halogens is 3. The summed E-state index contributed by atoms with van der Waals surface area (Å²) >= 11 is 0. The quantitative estimate of drug-likeness (QED) is 0.750. The Morgan fingerprint density at radius 2 is 2.00 bits per heavy atom. The zero-order valence-electron chi connectivity index (χ0n) is 17.9. The largest absolute Gasteiger partial charge is 0.416 e. The molecule has 0 saturated carbocycles. The van der Waals surface area contributed by atoms with Crippen molar-refractivity contribution in [2.75, 3.05) is 0 Å². The smallest absolute Gasteiger partial charge is 0.349 e. The van der Waals surface area contributed by atoms with Gasteiger partial charge in [0.15, 0.2) is 0 Å². The van der Waals surface area contributed by atoms with Gasteiger partial charge in [-0.15, -0.1) is 0 Å². The molecule has 2 saturated heterocycles. The highest BCUT2D eigenvalue weighted by atomic mass is 19.4. The first-order valence-corrected chi connectivity index (χ1v) is 10.7. The molecule has 0 unspecified atom stereocenters. The van der Waals surface area contributed by atoms with Gasteiger partial charge in [0.05, 0.1) is 35.1 Å². The second-order valence-electron chi connectivity index (χ2n) is 8.83. The monoisotopic (exact) mass is 446 g/mol. The van der Waals surface area contributed by atoms with Crippen molar-refractivity contribution < 1.29 is 22.8 Å². The SMILES string of the molecule is Cc1cnc(C(=O)N2[C@H]3CCCCC(=O)N[C@@]3(C)C[C@H]2c2cccc(C(F)(F)F)c2)cn1. The minimum absolute atomic E-state index is 0.107. The Morgan fingerprint density at radius 3 is 2.69 bits per heavy atom. The van der Waals surface area contributed by atoms with Crippen molar-refractivity contribution in [3.63, 3.8) is 0 Å². The molecule has 0 bridgehead atoms. The van der Waals surface area contributed by atoms with E-state index in [2.05, 4.69) is 15.3 Å². The maximum Gasteiger partial charge on any atom is 0.416 e. The lowest BCUT2D eigenvalue weighted by molar-refractivity contribution is -0.137. The number of nitrogens with one attached hydrogen (secondary N) is 1. The van der Waals surface area contributed by atoms with E-state index in [1.807, 2.05) is 6.92 Å². The number of fused-ring (bicyclic) bond motifs is 1. The van der Waals surface area contributed by atoms with Crippen LogP contribution in [0.25, 0.3) is 0 Å². The van der Waals surface area contributed by atoms with Crippen LogP contribution in [0.5, 0.6) is 0 Å². The van der Waals surface area contributed by atoms with Gasteiger partial charge in [-0.1, -0.05) is 18.6 Å². The normalized spacial score (nSPS) is 26.2. The lowest BCUT2D eigenvalue weighted by Crippen LogP contribution is -2.56. The van der Waals surface area contributed by atoms with Crippen LogP contribution < -0.4 is 5.32 Å². The van der Waals surface area contributed by atoms with Crippen molar-refractivity contribution in [1.29, 1.82) is 0 Å². The van der Waals surface area contributed by atoms with Crippen LogP contribution in [0.4, 0.5) is 13.2 Å². The molecule has 1 N–H and O–H groups in total. The van der Waals surface area contributed by atoms with Crippen LogP contribution >= 0.6 is 0 Å². The number of aryl methyl sites for hydroxylation is 1. The Bertz CT molecular complexity index is 1020. The fourth-order valence-corrected chi connectivity index (χ4v) is 4.88. The predicted molar refractivity (Wildman–Crippen MR) is 111 cm³/mol. The van der Waals surface area contributed by atoms with Crippen molar-refractivity contribution in [3.8, 4) is 0 Å². The molecule has 0 spiro atoms. The number of likely N-dealkylation sites (tertiary alicyclic amines) is 1. The third kappa shape index (κ3) is 4.20. The number of carbonyl (C=O) groups excluding carboxylic acids is 2. The third-order valence-corrected chi connectivity index (χ3v) is 6.41. The van der Waals surface area contributed by atoms with Crippen molar-refractivity contribution in [1.82, 2.24) is 20.2 Å². The lowest BCUT2D eigenvalue weighted by atomic mass is 9.85. The molecule has 3 atom stereocenters. The van der Waals surface area contributed by atoms with Gasteiger partial charge < -0.3 is 10.2 Å². The van der Waals surface area contributed by atoms with Crippen LogP contribution in [0, 0.1) is 6.92 Å². The van der Waals surface area contributed by atoms with Gasteiger partial charge in [-0.05, 0) is 50.8 Å². The predicted octanol–water partition coefficient (Wildman–Crippen LogP) is 4.21. The second kappa shape index (κ2) is 8.18. The van der Waals surface area contributed by atoms with E-state index in [4.69, 9.17) is 0 Å². The Hall–Kier alpha value is -2.97. The number of benzene rings is 1. The highest BCUT2D eigenvalue weighted by molar-refractivity contribution is 5.93. The van der Waals surface area contributed by atoms with E-state index in [1.54, 1.807) is 17.9 Å². The van der Waals surface area contributed by atoms with Crippen molar-refractivity contribution in [2.24, 2.45) is 0 Å². The summed E-state index contributed by atoms with van der Waals surface area (Å²) in [7, 11) is 0. The number of hydrogen-bond acceptors (Lipinski definition) is 4. The standard InChI is InChI=1S/C23H25F3N4O2/c1-14-12-28-17(13-27-14)21(32)30-18(15-6-5-7-16(10-15)23(24,25)26)11-22(2)19(30)8-3-4-9-20(31)29-22/h5-7,10,12-13,18-19H,3-4,8-9,11H2,1-2H3,(H,29,31)/t18-,19-,22-/m0/s1. The minimum atomic E-state index is -4.49. The molecular weight excluding hydrogens is 421 g/mol. The molecule has 2 amide bonds. The summed E-state index contributed by atoms with van der Waals surface area (Å²) in [5.74, 6) is -0.507. The topological polar surface area (TPSA) is 75.2 Å². The lowest BCUT2D eigenvalue weighted by Gasteiger charge is -2.38. The molecule has 2 fully saturated rings. The first-order valence-electron chi connectivity index (χ1n) is 10.7. The molecule has 0 radical (unpaired) electrons. The van der Waals surface area contributed by atoms with Crippen molar-refractivity contribution in [3.05, 3.63) is 59.2 Å². The fraction of sp³-hybridized carbons (Fsp3) is 0.478. The summed E-state index contributed by atoms with van der Waals surface area (Å²) in [4.78, 5) is 36.0. The van der Waals surface area contributed by atoms with Crippen LogP contribution in [0.1, 0.15) is 72.4 Å². The summed E-state index contributed by atoms with van der Waals surface area (Å²) in [6.07, 6.45) is 1.16. The maximum atomic E-state index is 13.6. The maximum absolute atomic E-state index is 13.6. The van der Waals surface area contributed by atoms with E-state index in [1.165, 1.54) is 18.5 Å². The molecule has 9 heteroatoms. The van der Waals surface area contributed by atoms with Crippen LogP contribution in [-0.2, 0) is 11.0 Å². The van der Waals surface area contributed by atoms with Gasteiger partial charge in [-0.2, -0.15) is 13.2 Å². The molecule has 32 heavy (non-hydrogen) atoms. The van der Waals surface area contributed by atoms with E-state index in [9.17, 15) is 22.8 Å². The van der Waals surface area contributed by atoms with Crippen LogP contribution in [0.2, 0.25) is 0 Å². The molecule has 2 aromatic rings. The van der Waals surface area contributed by atoms with Crippen molar-refractivity contribution in [2.45, 2.75) is 69.8 Å². The third-order valence-electron chi connectivity index (χ3n) is 6.41. The molecule has 4 rings (SSSR count). The van der Waals surface area contributed by atoms with Crippen LogP contribution in [0.15, 0.2) is 36.7 Å². The van der Waals surface area contributed by atoms with Crippen molar-refractivity contribution >= 4 is 11.8 Å². The summed E-state index contributed by atoms with van der Waals surface area (Å²) in [6, 6.07) is 4.06. The van der Waals surface area contributed by atoms with E-state index in [0.717, 1.165) is 18.6 Å². The highest BCUT2D eigenvalue weighted by Crippen LogP contribution is 2.46. The number of amides is 2. The van der Waals surface area contributed by atoms with Gasteiger partial charge in [-0.3, -0.25) is 14.6 Å². The number of rotatable bonds is 2. The number of hydrogen-bond donors (Lipinski definition) is 1. The fourth-order valence-electron chi connectivity index (χ4n) is 4.88. The minimum Gasteiger partial charge on any atom is -0.349 e. The summed E-state index contributed by atoms with van der Waals surface area (Å²) in [6.45, 7) is 3.62. The first kappa shape index (κ1) is 22.2. The van der Waals surface area contributed by atoms with Crippen LogP contribution in [-0.4, -0.2) is 38.3 Å². The Morgan fingerprint density at radius 1 is 1.22 bits per heavy atom. The molecule has 3 heterocycles. The molecule has 2 aliphatic rings. The summed E-state index contributed by atoms with van der Waals surface area (Å²) in [5, 5.41) is 3.06. The van der Waals surface area contributed by atoms with Gasteiger partial charge in [0.25, 0.3) is 5.91 Å². The number of alkyl halides is 3. The zero-order chi connectivity index (χ0) is 23.1. The average Bonchev–Trinajstić information content (AvgIpc) is 3.01. The summed E-state index contributed by atoms with van der Waals surface area (Å²) in [5.41, 5.74) is -0.360. The van der Waals surface area contributed by atoms with Gasteiger partial charge >= 0.3 is 6.18 Å². The van der Waals surface area contributed by atoms with Crippen LogP contribution in [0.3, 0.4) is 0 Å². The average molecular weight is 446 g/mol. The van der Waals surface area contributed by atoms with E-state index >= 15 is 0 Å². The molecule has 0 aliphatic carbocycles. The number of aromatic nitrogens is 2. The molecule has 1 aromatic heterocycles. The van der Waals surface area contributed by atoms with E-state index < -0.39 is 29.2 Å². The Balaban J connectivity index is 1.80. The number of nitrogens with zero attached hydrogens (tertiary/aromatic N) is 3. The van der Waals surface area contributed by atoms with Gasteiger partial charge in [0.1, 0.15) is 5.69 Å². The first-order chi connectivity index (χ1) is 15.1. The Kier molecular flexibility index (Phi) is 5.68. The molecule has 6 nitrogen and oxygen atoms in total. The van der Waals surface area contributed by atoms with Gasteiger partial charge in [0.2, 0.25) is 5.91 Å². The summed E-state index contributed by atoms with van der Waals surface area (Å²) < 4.78 is 40.2. The second-order valence-corrected chi connectivity index (χ2v) is 8.83. The molecule has 1 aromatic carbocycles. The molecular formula is C23H25F3N4O2. The number of carbonyl (C=O) groups is 2.